The fourth-order valence-electron chi connectivity index (χ4n) is 1.08. The Morgan fingerprint density at radius 2 is 2.50 bits per heavy atom. The molecule has 0 aliphatic heterocycles. The topological polar surface area (TPSA) is 29.1 Å². The summed E-state index contributed by atoms with van der Waals surface area (Å²) in [6.45, 7) is 1.62. The summed E-state index contributed by atoms with van der Waals surface area (Å²) in [5.41, 5.74) is 0. The lowest BCUT2D eigenvalue weighted by molar-refractivity contribution is -0.118. The second-order valence-corrected chi connectivity index (χ2v) is 3.77. The molecule has 0 aliphatic rings. The molecule has 2 nitrogen and oxygen atoms in total. The lowest BCUT2D eigenvalue weighted by Gasteiger charge is -2.10. The number of nitrogens with one attached hydrogen (secondary N) is 1. The fraction of sp³-hybridized carbons (Fsp3) is 0.444. The number of hydrogen-bond donors (Lipinski definition) is 1. The fourth-order valence-corrected chi connectivity index (χ4v) is 1.83. The highest BCUT2D eigenvalue weighted by atomic mass is 32.1. The zero-order valence-electron chi connectivity index (χ0n) is 7.33. The molecule has 0 fully saturated rings. The van der Waals surface area contributed by atoms with Crippen LogP contribution in [0.3, 0.4) is 0 Å². The van der Waals surface area contributed by atoms with Crippen molar-refractivity contribution in [2.45, 2.75) is 19.4 Å². The Hall–Kier alpha value is -0.670. The quantitative estimate of drug-likeness (QED) is 0.766. The van der Waals surface area contributed by atoms with E-state index >= 15 is 0 Å². The number of carbonyl (C=O) groups is 1. The SMILES string of the molecule is CNC(Cc1cccs1)C(C)=O. The Balaban J connectivity index is 2.54. The molecule has 1 N–H and O–H groups in total. The minimum atomic E-state index is -0.0244. The third-order valence-electron chi connectivity index (χ3n) is 1.82. The molecule has 0 saturated heterocycles. The molecule has 66 valence electrons. The first-order valence-electron chi connectivity index (χ1n) is 3.94. The maximum atomic E-state index is 11.0. The van der Waals surface area contributed by atoms with Crippen LogP contribution in [0.15, 0.2) is 17.5 Å². The minimum absolute atomic E-state index is 0.0244. The van der Waals surface area contributed by atoms with Crippen molar-refractivity contribution in [1.29, 1.82) is 0 Å². The van der Waals surface area contributed by atoms with Crippen LogP contribution in [-0.4, -0.2) is 18.9 Å². The van der Waals surface area contributed by atoms with Gasteiger partial charge in [0.15, 0.2) is 0 Å². The lowest BCUT2D eigenvalue weighted by atomic mass is 10.1. The first-order chi connectivity index (χ1) is 5.74. The van der Waals surface area contributed by atoms with Gasteiger partial charge in [-0.05, 0) is 25.4 Å². The molecule has 1 aromatic heterocycles. The van der Waals surface area contributed by atoms with Crippen molar-refractivity contribution in [1.82, 2.24) is 5.32 Å². The van der Waals surface area contributed by atoms with Crippen molar-refractivity contribution < 1.29 is 4.79 Å². The van der Waals surface area contributed by atoms with Gasteiger partial charge < -0.3 is 5.32 Å². The highest BCUT2D eigenvalue weighted by molar-refractivity contribution is 7.09. The maximum Gasteiger partial charge on any atom is 0.147 e. The van der Waals surface area contributed by atoms with Crippen LogP contribution in [0.4, 0.5) is 0 Å². The summed E-state index contributed by atoms with van der Waals surface area (Å²) in [7, 11) is 1.82. The summed E-state index contributed by atoms with van der Waals surface area (Å²) in [6.07, 6.45) is 0.809. The van der Waals surface area contributed by atoms with Gasteiger partial charge in [0, 0.05) is 11.3 Å². The maximum absolute atomic E-state index is 11.0. The minimum Gasteiger partial charge on any atom is -0.310 e. The molecule has 3 heteroatoms. The number of likely N-dealkylation sites (N-methyl/N-ethyl adjacent to an activating group) is 1. The van der Waals surface area contributed by atoms with Crippen molar-refractivity contribution in [3.05, 3.63) is 22.4 Å². The number of ketones is 1. The Morgan fingerprint density at radius 1 is 1.75 bits per heavy atom. The van der Waals surface area contributed by atoms with E-state index in [0.717, 1.165) is 6.42 Å². The standard InChI is InChI=1S/C9H13NOS/c1-7(11)9(10-2)6-8-4-3-5-12-8/h3-5,9-10H,6H2,1-2H3. The van der Waals surface area contributed by atoms with Gasteiger partial charge >= 0.3 is 0 Å². The predicted molar refractivity (Wildman–Crippen MR) is 51.6 cm³/mol. The molecular formula is C9H13NOS. The Bertz CT molecular complexity index is 243. The summed E-state index contributed by atoms with van der Waals surface area (Å²) in [5, 5.41) is 5.03. The van der Waals surface area contributed by atoms with Gasteiger partial charge in [0.25, 0.3) is 0 Å². The number of Topliss-reactive ketones (excluding diaryl/α,β-unsaturated/α-hetero) is 1. The van der Waals surface area contributed by atoms with Gasteiger partial charge in [0.2, 0.25) is 0 Å². The summed E-state index contributed by atoms with van der Waals surface area (Å²) in [5.74, 6) is 0.200. The number of rotatable bonds is 4. The molecular weight excluding hydrogens is 170 g/mol. The summed E-state index contributed by atoms with van der Waals surface area (Å²) >= 11 is 1.69. The molecule has 1 heterocycles. The van der Waals surface area contributed by atoms with Crippen LogP contribution in [0.1, 0.15) is 11.8 Å². The molecule has 0 saturated carbocycles. The third-order valence-corrected chi connectivity index (χ3v) is 2.72. The molecule has 1 rings (SSSR count). The predicted octanol–water partition coefficient (Wildman–Crippen LogP) is 1.47. The highest BCUT2D eigenvalue weighted by Gasteiger charge is 2.11. The van der Waals surface area contributed by atoms with E-state index in [2.05, 4.69) is 11.4 Å². The van der Waals surface area contributed by atoms with Crippen molar-refractivity contribution in [3.63, 3.8) is 0 Å². The second-order valence-electron chi connectivity index (χ2n) is 2.74. The van der Waals surface area contributed by atoms with Crippen LogP contribution in [0.2, 0.25) is 0 Å². The van der Waals surface area contributed by atoms with Crippen LogP contribution in [-0.2, 0) is 11.2 Å². The smallest absolute Gasteiger partial charge is 0.147 e. The normalized spacial score (nSPS) is 12.8. The number of carbonyl (C=O) groups excluding carboxylic acids is 1. The van der Waals surface area contributed by atoms with E-state index in [0.29, 0.717) is 0 Å². The van der Waals surface area contributed by atoms with Crippen molar-refractivity contribution >= 4 is 17.1 Å². The number of hydrogen-bond acceptors (Lipinski definition) is 3. The van der Waals surface area contributed by atoms with Gasteiger partial charge in [-0.1, -0.05) is 6.07 Å². The van der Waals surface area contributed by atoms with Gasteiger partial charge in [0.1, 0.15) is 5.78 Å². The van der Waals surface area contributed by atoms with E-state index in [1.807, 2.05) is 18.5 Å². The Labute approximate surface area is 76.6 Å². The van der Waals surface area contributed by atoms with Gasteiger partial charge in [0.05, 0.1) is 6.04 Å². The molecule has 0 aliphatic carbocycles. The van der Waals surface area contributed by atoms with E-state index in [-0.39, 0.29) is 11.8 Å². The van der Waals surface area contributed by atoms with Crippen LogP contribution < -0.4 is 5.32 Å². The highest BCUT2D eigenvalue weighted by Crippen LogP contribution is 2.11. The van der Waals surface area contributed by atoms with Gasteiger partial charge in [-0.25, -0.2) is 0 Å². The summed E-state index contributed by atoms with van der Waals surface area (Å²) in [4.78, 5) is 12.3. The van der Waals surface area contributed by atoms with Gasteiger partial charge in [-0.2, -0.15) is 0 Å². The molecule has 1 aromatic rings. The molecule has 0 spiro atoms. The van der Waals surface area contributed by atoms with E-state index in [9.17, 15) is 4.79 Å². The lowest BCUT2D eigenvalue weighted by Crippen LogP contribution is -2.33. The van der Waals surface area contributed by atoms with Crippen LogP contribution >= 0.6 is 11.3 Å². The van der Waals surface area contributed by atoms with E-state index < -0.39 is 0 Å². The molecule has 0 bridgehead atoms. The zero-order valence-corrected chi connectivity index (χ0v) is 8.15. The average molecular weight is 183 g/mol. The van der Waals surface area contributed by atoms with Crippen molar-refractivity contribution in [2.24, 2.45) is 0 Å². The average Bonchev–Trinajstić information content (AvgIpc) is 2.51. The first kappa shape index (κ1) is 9.42. The molecule has 0 amide bonds. The van der Waals surface area contributed by atoms with E-state index in [1.54, 1.807) is 18.3 Å². The van der Waals surface area contributed by atoms with Crippen molar-refractivity contribution in [2.75, 3.05) is 7.05 Å². The van der Waals surface area contributed by atoms with E-state index in [1.165, 1.54) is 4.88 Å². The molecule has 12 heavy (non-hydrogen) atoms. The van der Waals surface area contributed by atoms with Gasteiger partial charge in [-0.3, -0.25) is 4.79 Å². The first-order valence-corrected chi connectivity index (χ1v) is 4.82. The van der Waals surface area contributed by atoms with Gasteiger partial charge in [-0.15, -0.1) is 11.3 Å². The second kappa shape index (κ2) is 4.38. The van der Waals surface area contributed by atoms with Crippen LogP contribution in [0, 0.1) is 0 Å². The molecule has 0 aromatic carbocycles. The summed E-state index contributed by atoms with van der Waals surface area (Å²) < 4.78 is 0. The Morgan fingerprint density at radius 3 is 2.92 bits per heavy atom. The summed E-state index contributed by atoms with van der Waals surface area (Å²) in [6, 6.07) is 4.04. The van der Waals surface area contributed by atoms with Crippen LogP contribution in [0.25, 0.3) is 0 Å². The van der Waals surface area contributed by atoms with Crippen LogP contribution in [0.5, 0.6) is 0 Å². The third kappa shape index (κ3) is 2.43. The molecule has 1 atom stereocenters. The van der Waals surface area contributed by atoms with E-state index in [4.69, 9.17) is 0 Å². The zero-order chi connectivity index (χ0) is 8.97. The Kier molecular flexibility index (Phi) is 3.44. The van der Waals surface area contributed by atoms with Crippen molar-refractivity contribution in [3.8, 4) is 0 Å². The number of thiophene rings is 1. The molecule has 0 radical (unpaired) electrons. The molecule has 1 unspecified atom stereocenters. The monoisotopic (exact) mass is 183 g/mol. The largest absolute Gasteiger partial charge is 0.310 e.